The maximum Gasteiger partial charge on any atom is 0.309 e. The lowest BCUT2D eigenvalue weighted by atomic mass is 10.1. The van der Waals surface area contributed by atoms with Crippen molar-refractivity contribution in [3.8, 4) is 0 Å². The van der Waals surface area contributed by atoms with Crippen LogP contribution in [0.4, 0.5) is 20.2 Å². The molecule has 0 atom stereocenters. The van der Waals surface area contributed by atoms with Crippen molar-refractivity contribution in [1.29, 1.82) is 0 Å². The van der Waals surface area contributed by atoms with E-state index in [1.165, 1.54) is 24.3 Å². The van der Waals surface area contributed by atoms with Crippen LogP contribution in [-0.2, 0) is 32.2 Å². The normalized spacial score (nSPS) is 16.3. The fourth-order valence-electron chi connectivity index (χ4n) is 4.13. The Morgan fingerprint density at radius 2 is 1.09 bits per heavy atom. The predicted octanol–water partition coefficient (Wildman–Crippen LogP) is 1.57. The number of amides is 2. The van der Waals surface area contributed by atoms with Crippen molar-refractivity contribution in [3.63, 3.8) is 0 Å². The van der Waals surface area contributed by atoms with Gasteiger partial charge in [0.2, 0.25) is 0 Å². The van der Waals surface area contributed by atoms with E-state index in [1.807, 2.05) is 0 Å². The standard InChI is InChI=1S/C24H28F2N4O4/c25-19-1-3-21(29-5-9-33-10-6-29)17(13-19)15-27-23(31)24(32)28-16-18-14-20(26)2-4-22(18)30-7-11-34-12-8-30/h1-4,13-14H,5-12,15-16H2,(H,27,31)(H,28,32). The summed E-state index contributed by atoms with van der Waals surface area (Å²) in [5.41, 5.74) is 2.73. The number of hydrogen-bond acceptors (Lipinski definition) is 6. The van der Waals surface area contributed by atoms with Crippen molar-refractivity contribution in [2.75, 3.05) is 62.4 Å². The van der Waals surface area contributed by atoms with E-state index in [1.54, 1.807) is 12.1 Å². The topological polar surface area (TPSA) is 83.1 Å². The Kier molecular flexibility index (Phi) is 7.91. The summed E-state index contributed by atoms with van der Waals surface area (Å²) < 4.78 is 38.4. The van der Waals surface area contributed by atoms with Crippen molar-refractivity contribution in [2.24, 2.45) is 0 Å². The van der Waals surface area contributed by atoms with Crippen LogP contribution in [0.2, 0.25) is 0 Å². The van der Waals surface area contributed by atoms with Crippen LogP contribution in [-0.4, -0.2) is 64.4 Å². The number of rotatable bonds is 6. The van der Waals surface area contributed by atoms with Crippen molar-refractivity contribution in [2.45, 2.75) is 13.1 Å². The van der Waals surface area contributed by atoms with Gasteiger partial charge >= 0.3 is 11.8 Å². The Bertz CT molecular complexity index is 943. The molecule has 2 N–H and O–H groups in total. The highest BCUT2D eigenvalue weighted by Gasteiger charge is 2.20. The smallest absolute Gasteiger partial charge is 0.309 e. The molecule has 2 fully saturated rings. The molecule has 2 amide bonds. The molecule has 0 aliphatic carbocycles. The van der Waals surface area contributed by atoms with E-state index in [-0.39, 0.29) is 13.1 Å². The third-order valence-corrected chi connectivity index (χ3v) is 5.87. The van der Waals surface area contributed by atoms with Crippen LogP contribution in [0.25, 0.3) is 0 Å². The third-order valence-electron chi connectivity index (χ3n) is 5.87. The van der Waals surface area contributed by atoms with Crippen LogP contribution in [0.3, 0.4) is 0 Å². The number of anilines is 2. The first-order chi connectivity index (χ1) is 16.5. The average molecular weight is 475 g/mol. The number of hydrogen-bond donors (Lipinski definition) is 2. The Morgan fingerprint density at radius 1 is 0.706 bits per heavy atom. The first-order valence-electron chi connectivity index (χ1n) is 11.3. The number of halogens is 2. The van der Waals surface area contributed by atoms with Gasteiger partial charge in [0.1, 0.15) is 11.6 Å². The highest BCUT2D eigenvalue weighted by atomic mass is 19.1. The van der Waals surface area contributed by atoms with Gasteiger partial charge in [-0.05, 0) is 47.5 Å². The molecule has 0 aromatic heterocycles. The number of nitrogens with zero attached hydrogens (tertiary/aromatic N) is 2. The maximum absolute atomic E-state index is 13.9. The number of benzene rings is 2. The summed E-state index contributed by atoms with van der Waals surface area (Å²) in [6.45, 7) is 4.90. The Morgan fingerprint density at radius 3 is 1.47 bits per heavy atom. The van der Waals surface area contributed by atoms with Gasteiger partial charge in [-0.25, -0.2) is 8.78 Å². The molecule has 4 rings (SSSR count). The Balaban J connectivity index is 1.36. The SMILES string of the molecule is O=C(NCc1cc(F)ccc1N1CCOCC1)C(=O)NCc1cc(F)ccc1N1CCOCC1. The van der Waals surface area contributed by atoms with E-state index in [0.29, 0.717) is 63.7 Å². The van der Waals surface area contributed by atoms with E-state index in [4.69, 9.17) is 9.47 Å². The molecular weight excluding hydrogens is 446 g/mol. The summed E-state index contributed by atoms with van der Waals surface area (Å²) in [5, 5.41) is 5.11. The van der Waals surface area contributed by atoms with Crippen LogP contribution < -0.4 is 20.4 Å². The first-order valence-corrected chi connectivity index (χ1v) is 11.3. The quantitative estimate of drug-likeness (QED) is 0.619. The lowest BCUT2D eigenvalue weighted by Gasteiger charge is -2.31. The molecule has 2 aromatic rings. The lowest BCUT2D eigenvalue weighted by molar-refractivity contribution is -0.139. The largest absolute Gasteiger partial charge is 0.378 e. The van der Waals surface area contributed by atoms with Gasteiger partial charge in [-0.3, -0.25) is 9.59 Å². The second-order valence-electron chi connectivity index (χ2n) is 8.11. The molecule has 2 saturated heterocycles. The fraction of sp³-hybridized carbons (Fsp3) is 0.417. The van der Waals surface area contributed by atoms with E-state index in [0.717, 1.165) is 11.4 Å². The monoisotopic (exact) mass is 474 g/mol. The van der Waals surface area contributed by atoms with Gasteiger partial charge in [0.25, 0.3) is 0 Å². The molecule has 8 nitrogen and oxygen atoms in total. The zero-order chi connectivity index (χ0) is 23.9. The first kappa shape index (κ1) is 23.9. The average Bonchev–Trinajstić information content (AvgIpc) is 2.87. The lowest BCUT2D eigenvalue weighted by Crippen LogP contribution is -2.41. The van der Waals surface area contributed by atoms with E-state index in [9.17, 15) is 18.4 Å². The van der Waals surface area contributed by atoms with E-state index < -0.39 is 23.4 Å². The van der Waals surface area contributed by atoms with Gasteiger partial charge in [-0.15, -0.1) is 0 Å². The molecule has 2 aromatic carbocycles. The summed E-state index contributed by atoms with van der Waals surface area (Å²) in [6.07, 6.45) is 0. The highest BCUT2D eigenvalue weighted by Crippen LogP contribution is 2.24. The second kappa shape index (κ2) is 11.3. The van der Waals surface area contributed by atoms with E-state index >= 15 is 0 Å². The zero-order valence-electron chi connectivity index (χ0n) is 18.8. The molecule has 0 bridgehead atoms. The molecule has 2 aliphatic rings. The molecule has 182 valence electrons. The van der Waals surface area contributed by atoms with Gasteiger partial charge in [0.05, 0.1) is 26.4 Å². The van der Waals surface area contributed by atoms with Crippen molar-refractivity contribution in [3.05, 3.63) is 59.2 Å². The van der Waals surface area contributed by atoms with E-state index in [2.05, 4.69) is 20.4 Å². The van der Waals surface area contributed by atoms with Crippen LogP contribution >= 0.6 is 0 Å². The Labute approximate surface area is 196 Å². The molecular formula is C24H28F2N4O4. The molecule has 2 heterocycles. The van der Waals surface area contributed by atoms with Crippen molar-refractivity contribution >= 4 is 23.2 Å². The summed E-state index contributed by atoms with van der Waals surface area (Å²) >= 11 is 0. The molecule has 0 spiro atoms. The summed E-state index contributed by atoms with van der Waals surface area (Å²) in [7, 11) is 0. The van der Waals surface area contributed by atoms with Gasteiger partial charge in [-0.2, -0.15) is 0 Å². The zero-order valence-corrected chi connectivity index (χ0v) is 18.8. The summed E-state index contributed by atoms with van der Waals surface area (Å²) in [5.74, 6) is -2.54. The van der Waals surface area contributed by atoms with Gasteiger partial charge in [-0.1, -0.05) is 0 Å². The molecule has 34 heavy (non-hydrogen) atoms. The third kappa shape index (κ3) is 6.00. The maximum atomic E-state index is 13.9. The minimum Gasteiger partial charge on any atom is -0.378 e. The van der Waals surface area contributed by atoms with Gasteiger partial charge in [0, 0.05) is 50.6 Å². The summed E-state index contributed by atoms with van der Waals surface area (Å²) in [6, 6.07) is 8.77. The van der Waals surface area contributed by atoms with Crippen LogP contribution in [0.1, 0.15) is 11.1 Å². The van der Waals surface area contributed by atoms with Crippen LogP contribution in [0.15, 0.2) is 36.4 Å². The van der Waals surface area contributed by atoms with Crippen LogP contribution in [0.5, 0.6) is 0 Å². The molecule has 2 aliphatic heterocycles. The Hall–Kier alpha value is -3.24. The highest BCUT2D eigenvalue weighted by molar-refractivity contribution is 6.35. The molecule has 0 saturated carbocycles. The number of ether oxygens (including phenoxy) is 2. The minimum atomic E-state index is -0.846. The molecule has 0 unspecified atom stereocenters. The molecule has 0 radical (unpaired) electrons. The van der Waals surface area contributed by atoms with Gasteiger partial charge in [0.15, 0.2) is 0 Å². The second-order valence-corrected chi connectivity index (χ2v) is 8.11. The number of nitrogens with one attached hydrogen (secondary N) is 2. The summed E-state index contributed by atoms with van der Waals surface area (Å²) in [4.78, 5) is 28.9. The van der Waals surface area contributed by atoms with Crippen LogP contribution in [0, 0.1) is 11.6 Å². The van der Waals surface area contributed by atoms with Crippen molar-refractivity contribution < 1.29 is 27.8 Å². The molecule has 10 heteroatoms. The minimum absolute atomic E-state index is 0.00427. The van der Waals surface area contributed by atoms with Gasteiger partial charge < -0.3 is 29.9 Å². The number of carbonyl (C=O) groups excluding carboxylic acids is 2. The fourth-order valence-corrected chi connectivity index (χ4v) is 4.13. The number of carbonyl (C=O) groups is 2. The predicted molar refractivity (Wildman–Crippen MR) is 123 cm³/mol. The number of morpholine rings is 2. The van der Waals surface area contributed by atoms with Crippen molar-refractivity contribution in [1.82, 2.24) is 10.6 Å².